The molecule has 0 spiro atoms. The first-order valence-corrected chi connectivity index (χ1v) is 35.6. The zero-order valence-corrected chi connectivity index (χ0v) is 54.5. The fourth-order valence-electron chi connectivity index (χ4n) is 10.3. The lowest BCUT2D eigenvalue weighted by Gasteiger charge is -2.18. The number of rotatable bonds is 65. The van der Waals surface area contributed by atoms with Gasteiger partial charge in [0.25, 0.3) is 0 Å². The monoisotopic (exact) mass is 1140 g/mol. The molecule has 82 heavy (non-hydrogen) atoms. The van der Waals surface area contributed by atoms with Crippen LogP contribution in [0.2, 0.25) is 0 Å². The maximum absolute atomic E-state index is 12.9. The van der Waals surface area contributed by atoms with Crippen molar-refractivity contribution in [2.45, 2.75) is 367 Å². The maximum atomic E-state index is 12.9. The van der Waals surface area contributed by atoms with E-state index >= 15 is 0 Å². The first-order valence-electron chi connectivity index (χ1n) is 35.6. The van der Waals surface area contributed by atoms with Gasteiger partial charge in [0.15, 0.2) is 6.10 Å². The third-order valence-corrected chi connectivity index (χ3v) is 15.6. The molecule has 0 aliphatic heterocycles. The summed E-state index contributed by atoms with van der Waals surface area (Å²) in [6.45, 7) is 6.50. The maximum Gasteiger partial charge on any atom is 0.306 e. The third kappa shape index (κ3) is 67.4. The number of carbonyl (C=O) groups is 3. The fourth-order valence-corrected chi connectivity index (χ4v) is 10.3. The quantitative estimate of drug-likeness (QED) is 0.0261. The Bertz CT molecular complexity index is 1550. The highest BCUT2D eigenvalue weighted by Crippen LogP contribution is 2.18. The first kappa shape index (κ1) is 78.6. The second-order valence-electron chi connectivity index (χ2n) is 23.8. The molecule has 0 N–H and O–H groups in total. The second kappa shape index (κ2) is 70.1. The fraction of sp³-hybridized carbons (Fsp3) is 0.776. The molecule has 1 atom stereocenters. The van der Waals surface area contributed by atoms with E-state index in [1.54, 1.807) is 0 Å². The minimum atomic E-state index is -0.803. The zero-order chi connectivity index (χ0) is 59.2. The van der Waals surface area contributed by atoms with Crippen molar-refractivity contribution in [3.63, 3.8) is 0 Å². The summed E-state index contributed by atoms with van der Waals surface area (Å²) in [5.74, 6) is -0.940. The van der Waals surface area contributed by atoms with E-state index < -0.39 is 6.10 Å². The molecule has 0 aromatic carbocycles. The van der Waals surface area contributed by atoms with E-state index in [1.807, 2.05) is 0 Å². The molecule has 0 heterocycles. The average Bonchev–Trinajstić information content (AvgIpc) is 3.47. The summed E-state index contributed by atoms with van der Waals surface area (Å²) < 4.78 is 16.9. The summed E-state index contributed by atoms with van der Waals surface area (Å²) in [5.41, 5.74) is 0. The van der Waals surface area contributed by atoms with Gasteiger partial charge in [-0.25, -0.2) is 0 Å². The summed E-state index contributed by atoms with van der Waals surface area (Å²) in [7, 11) is 0. The van der Waals surface area contributed by atoms with Crippen LogP contribution in [-0.4, -0.2) is 37.2 Å². The predicted octanol–water partition coefficient (Wildman–Crippen LogP) is 24.6. The molecule has 0 aromatic heterocycles. The Morgan fingerprint density at radius 3 is 0.817 bits per heavy atom. The van der Waals surface area contributed by atoms with Crippen molar-refractivity contribution in [2.24, 2.45) is 0 Å². The Kier molecular flexibility index (Phi) is 67.2. The molecule has 0 radical (unpaired) electrons. The number of hydrogen-bond acceptors (Lipinski definition) is 6. The van der Waals surface area contributed by atoms with E-state index in [0.29, 0.717) is 19.3 Å². The number of allylic oxidation sites excluding steroid dienone is 14. The van der Waals surface area contributed by atoms with Crippen LogP contribution in [0.15, 0.2) is 85.1 Å². The molecule has 0 amide bonds. The van der Waals surface area contributed by atoms with Gasteiger partial charge >= 0.3 is 17.9 Å². The lowest BCUT2D eigenvalue weighted by atomic mass is 10.0. The third-order valence-electron chi connectivity index (χ3n) is 15.6. The number of carbonyl (C=O) groups excluding carboxylic acids is 3. The van der Waals surface area contributed by atoms with Crippen molar-refractivity contribution in [3.05, 3.63) is 85.1 Å². The van der Waals surface area contributed by atoms with E-state index in [1.165, 1.54) is 231 Å². The molecule has 0 saturated heterocycles. The van der Waals surface area contributed by atoms with Crippen LogP contribution < -0.4 is 0 Å². The van der Waals surface area contributed by atoms with Gasteiger partial charge in [0.1, 0.15) is 13.2 Å². The van der Waals surface area contributed by atoms with E-state index in [9.17, 15) is 14.4 Å². The van der Waals surface area contributed by atoms with E-state index in [2.05, 4.69) is 106 Å². The van der Waals surface area contributed by atoms with E-state index in [4.69, 9.17) is 14.2 Å². The summed E-state index contributed by atoms with van der Waals surface area (Å²) in [6.07, 6.45) is 93.4. The molecule has 474 valence electrons. The molecule has 0 aromatic rings. The van der Waals surface area contributed by atoms with Gasteiger partial charge in [0, 0.05) is 19.3 Å². The van der Waals surface area contributed by atoms with Gasteiger partial charge < -0.3 is 14.2 Å². The molecule has 0 fully saturated rings. The molecule has 1 unspecified atom stereocenters. The standard InChI is InChI=1S/C76H134O6/c1-4-7-10-13-16-19-22-25-28-31-33-34-35-36-37-38-39-40-41-43-45-48-51-54-57-60-63-66-69-75(78)81-72-73(71-80-74(77)68-65-62-59-56-53-50-47-44-30-27-24-21-18-15-12-9-6-3)82-76(79)70-67-64-61-58-55-52-49-46-42-32-29-26-23-20-17-14-11-8-5-2/h9,12,17-18,20-21,26-27,29-30,47,50,56,59,73H,4-8,10-11,13-16,19,22-25,28,31-46,48-49,51-55,57-58,60-72H2,1-3H3/b12-9-,20-17-,21-18-,29-26-,30-27-,50-47-,59-56-. The predicted molar refractivity (Wildman–Crippen MR) is 358 cm³/mol. The highest BCUT2D eigenvalue weighted by molar-refractivity contribution is 5.71. The first-order chi connectivity index (χ1) is 40.5. The van der Waals surface area contributed by atoms with Gasteiger partial charge in [-0.3, -0.25) is 14.4 Å². The highest BCUT2D eigenvalue weighted by Gasteiger charge is 2.19. The number of unbranched alkanes of at least 4 members (excludes halogenated alkanes) is 40. The molecule has 6 nitrogen and oxygen atoms in total. The Morgan fingerprint density at radius 1 is 0.256 bits per heavy atom. The van der Waals surface area contributed by atoms with Crippen LogP contribution in [0.1, 0.15) is 361 Å². The molecule has 0 aliphatic carbocycles. The van der Waals surface area contributed by atoms with Crippen LogP contribution in [0, 0.1) is 0 Å². The minimum Gasteiger partial charge on any atom is -0.462 e. The Morgan fingerprint density at radius 2 is 0.488 bits per heavy atom. The number of ether oxygens (including phenoxy) is 3. The minimum absolute atomic E-state index is 0.0930. The average molecular weight is 1140 g/mol. The van der Waals surface area contributed by atoms with Crippen LogP contribution >= 0.6 is 0 Å². The van der Waals surface area contributed by atoms with Gasteiger partial charge in [0.2, 0.25) is 0 Å². The topological polar surface area (TPSA) is 78.9 Å². The Hall–Kier alpha value is -3.41. The summed E-state index contributed by atoms with van der Waals surface area (Å²) in [6, 6.07) is 0. The highest BCUT2D eigenvalue weighted by atomic mass is 16.6. The van der Waals surface area contributed by atoms with Crippen molar-refractivity contribution in [2.75, 3.05) is 13.2 Å². The normalized spacial score (nSPS) is 12.6. The summed E-state index contributed by atoms with van der Waals surface area (Å²) in [4.78, 5) is 38.4. The second-order valence-corrected chi connectivity index (χ2v) is 23.8. The molecule has 0 saturated carbocycles. The SMILES string of the molecule is CC/C=C\C/C=C\C/C=C\C/C=C\C/C=C\CCCC(=O)OCC(COC(=O)CCCCCCCCCCCCCCCCCCCCCCCCCCCCCC)OC(=O)CCCCCCCCCCC/C=C\C/C=C\CCCCC. The van der Waals surface area contributed by atoms with Gasteiger partial charge in [-0.2, -0.15) is 0 Å². The molecular weight excluding hydrogens is 1010 g/mol. The number of hydrogen-bond donors (Lipinski definition) is 0. The van der Waals surface area contributed by atoms with Crippen molar-refractivity contribution in [1.29, 1.82) is 0 Å². The molecule has 0 aliphatic rings. The van der Waals surface area contributed by atoms with Gasteiger partial charge in [-0.05, 0) is 89.9 Å². The molecular formula is C76H134O6. The molecule has 0 rings (SSSR count). The van der Waals surface area contributed by atoms with Crippen LogP contribution in [-0.2, 0) is 28.6 Å². The number of esters is 3. The van der Waals surface area contributed by atoms with Crippen molar-refractivity contribution in [1.82, 2.24) is 0 Å². The van der Waals surface area contributed by atoms with E-state index in [-0.39, 0.29) is 37.5 Å². The van der Waals surface area contributed by atoms with E-state index in [0.717, 1.165) is 83.5 Å². The summed E-state index contributed by atoms with van der Waals surface area (Å²) in [5, 5.41) is 0. The van der Waals surface area contributed by atoms with Crippen molar-refractivity contribution in [3.8, 4) is 0 Å². The zero-order valence-electron chi connectivity index (χ0n) is 54.5. The van der Waals surface area contributed by atoms with Gasteiger partial charge in [-0.1, -0.05) is 337 Å². The largest absolute Gasteiger partial charge is 0.462 e. The van der Waals surface area contributed by atoms with Crippen LogP contribution in [0.5, 0.6) is 0 Å². The Labute approximate surface area is 509 Å². The summed E-state index contributed by atoms with van der Waals surface area (Å²) >= 11 is 0. The lowest BCUT2D eigenvalue weighted by Crippen LogP contribution is -2.30. The van der Waals surface area contributed by atoms with Crippen LogP contribution in [0.4, 0.5) is 0 Å². The van der Waals surface area contributed by atoms with Crippen LogP contribution in [0.3, 0.4) is 0 Å². The lowest BCUT2D eigenvalue weighted by molar-refractivity contribution is -0.167. The van der Waals surface area contributed by atoms with Crippen molar-refractivity contribution >= 4 is 17.9 Å². The molecule has 0 bridgehead atoms. The van der Waals surface area contributed by atoms with Crippen molar-refractivity contribution < 1.29 is 28.6 Å². The Balaban J connectivity index is 4.31. The van der Waals surface area contributed by atoms with Gasteiger partial charge in [0.05, 0.1) is 0 Å². The smallest absolute Gasteiger partial charge is 0.306 e. The molecule has 6 heteroatoms. The van der Waals surface area contributed by atoms with Gasteiger partial charge in [-0.15, -0.1) is 0 Å². The van der Waals surface area contributed by atoms with Crippen LogP contribution in [0.25, 0.3) is 0 Å².